The summed E-state index contributed by atoms with van der Waals surface area (Å²) in [5.74, 6) is -3.45. The maximum absolute atomic E-state index is 12.8. The van der Waals surface area contributed by atoms with Crippen molar-refractivity contribution in [2.45, 2.75) is 12.5 Å². The van der Waals surface area contributed by atoms with Crippen LogP contribution in [0.4, 0.5) is 9.18 Å². The summed E-state index contributed by atoms with van der Waals surface area (Å²) < 4.78 is 18.8. The van der Waals surface area contributed by atoms with Crippen LogP contribution >= 0.6 is 23.2 Å². The average molecular weight is 469 g/mol. The average Bonchev–Trinajstić information content (AvgIpc) is 3.04. The van der Waals surface area contributed by atoms with E-state index in [0.29, 0.717) is 26.8 Å². The van der Waals surface area contributed by atoms with Gasteiger partial charge >= 0.3 is 12.1 Å². The van der Waals surface area contributed by atoms with Crippen LogP contribution in [-0.2, 0) is 19.1 Å². The van der Waals surface area contributed by atoms with Gasteiger partial charge in [-0.2, -0.15) is 0 Å². The fourth-order valence-corrected chi connectivity index (χ4v) is 3.42. The van der Waals surface area contributed by atoms with E-state index in [9.17, 15) is 23.6 Å². The first-order valence-electron chi connectivity index (χ1n) is 8.88. The van der Waals surface area contributed by atoms with Crippen molar-refractivity contribution in [1.29, 1.82) is 0 Å². The molecule has 11 heteroatoms. The highest BCUT2D eigenvalue weighted by Crippen LogP contribution is 2.34. The van der Waals surface area contributed by atoms with E-state index in [1.807, 2.05) is 0 Å². The molecule has 0 bridgehead atoms. The zero-order chi connectivity index (χ0) is 22.7. The van der Waals surface area contributed by atoms with Crippen molar-refractivity contribution < 1.29 is 33.4 Å². The summed E-state index contributed by atoms with van der Waals surface area (Å²) in [5, 5.41) is 12.7. The molecule has 2 N–H and O–H groups in total. The molecule has 0 saturated carbocycles. The Bertz CT molecular complexity index is 1210. The number of carboxylic acid groups (broad SMARTS) is 1. The number of ether oxygens (including phenoxy) is 1. The van der Waals surface area contributed by atoms with Gasteiger partial charge < -0.3 is 15.2 Å². The van der Waals surface area contributed by atoms with Crippen molar-refractivity contribution >= 4 is 68.8 Å². The highest BCUT2D eigenvalue weighted by molar-refractivity contribution is 6.43. The number of rotatable bonds is 7. The van der Waals surface area contributed by atoms with E-state index >= 15 is 0 Å². The number of aliphatic carboxylic acids is 1. The van der Waals surface area contributed by atoms with Gasteiger partial charge in [0.05, 0.1) is 27.5 Å². The fraction of sp³-hybridized carbons (Fsp3) is 0.200. The van der Waals surface area contributed by atoms with Gasteiger partial charge in [0.15, 0.2) is 12.4 Å². The van der Waals surface area contributed by atoms with Gasteiger partial charge in [0.1, 0.15) is 12.7 Å². The van der Waals surface area contributed by atoms with Gasteiger partial charge in [-0.05, 0) is 18.2 Å². The first kappa shape index (κ1) is 22.5. The quantitative estimate of drug-likeness (QED) is 0.547. The second kappa shape index (κ2) is 9.32. The summed E-state index contributed by atoms with van der Waals surface area (Å²) in [6.45, 7) is -2.26. The van der Waals surface area contributed by atoms with E-state index in [1.165, 1.54) is 10.6 Å². The Morgan fingerprint density at radius 2 is 1.74 bits per heavy atom. The maximum Gasteiger partial charge on any atom is 0.419 e. The standard InChI is InChI=1S/C20H15Cl2FN2O6/c21-12-5-11-10-3-1-2-4-15(10)25(16(11)6-13(12)22)20(30)31-9-18(27)24-14(7-19(28)29)17(26)8-23/h1-6,14H,7-9H2,(H,24,27)(H,28,29). The highest BCUT2D eigenvalue weighted by atomic mass is 35.5. The Morgan fingerprint density at radius 1 is 1.06 bits per heavy atom. The van der Waals surface area contributed by atoms with Crippen LogP contribution in [0.2, 0.25) is 10.0 Å². The number of Topliss-reactive ketones (excluding diaryl/α,β-unsaturated/α-hetero) is 1. The van der Waals surface area contributed by atoms with E-state index in [-0.39, 0.29) is 5.02 Å². The SMILES string of the molecule is O=C(O)CC(NC(=O)COC(=O)n1c2ccccc2c2cc(Cl)c(Cl)cc21)C(=O)CF. The molecule has 1 unspecified atom stereocenters. The van der Waals surface area contributed by atoms with Gasteiger partial charge in [-0.25, -0.2) is 13.8 Å². The Hall–Kier alpha value is -3.17. The molecule has 31 heavy (non-hydrogen) atoms. The third-order valence-corrected chi connectivity index (χ3v) is 5.18. The van der Waals surface area contributed by atoms with Crippen LogP contribution in [0.3, 0.4) is 0 Å². The summed E-state index contributed by atoms with van der Waals surface area (Å²) in [4.78, 5) is 47.1. The lowest BCUT2D eigenvalue weighted by Gasteiger charge is -2.14. The molecule has 1 heterocycles. The number of carbonyl (C=O) groups excluding carboxylic acids is 3. The number of ketones is 1. The second-order valence-corrected chi connectivity index (χ2v) is 7.32. The van der Waals surface area contributed by atoms with E-state index in [4.69, 9.17) is 33.0 Å². The lowest BCUT2D eigenvalue weighted by Crippen LogP contribution is -2.44. The van der Waals surface area contributed by atoms with Crippen LogP contribution in [0.25, 0.3) is 21.8 Å². The Morgan fingerprint density at radius 3 is 2.42 bits per heavy atom. The number of hydrogen-bond donors (Lipinski definition) is 2. The zero-order valence-corrected chi connectivity index (χ0v) is 17.2. The molecule has 3 rings (SSSR count). The van der Waals surface area contributed by atoms with Gasteiger partial charge in [-0.3, -0.25) is 14.4 Å². The second-order valence-electron chi connectivity index (χ2n) is 6.51. The molecule has 0 spiro atoms. The van der Waals surface area contributed by atoms with Gasteiger partial charge in [-0.1, -0.05) is 41.4 Å². The van der Waals surface area contributed by atoms with Crippen LogP contribution < -0.4 is 5.32 Å². The Labute approximate surface area is 184 Å². The predicted octanol–water partition coefficient (Wildman–Crippen LogP) is 3.58. The topological polar surface area (TPSA) is 115 Å². The van der Waals surface area contributed by atoms with E-state index in [0.717, 1.165) is 0 Å². The minimum atomic E-state index is -1.57. The van der Waals surface area contributed by atoms with Crippen molar-refractivity contribution in [1.82, 2.24) is 9.88 Å². The Balaban J connectivity index is 1.83. The number of carboxylic acids is 1. The Kier molecular flexibility index (Phi) is 6.77. The van der Waals surface area contributed by atoms with Gasteiger partial charge in [0.25, 0.3) is 5.91 Å². The lowest BCUT2D eigenvalue weighted by atomic mass is 10.1. The normalized spacial score (nSPS) is 12.0. The molecule has 8 nitrogen and oxygen atoms in total. The molecule has 3 aromatic rings. The number of hydrogen-bond acceptors (Lipinski definition) is 5. The lowest BCUT2D eigenvalue weighted by molar-refractivity contribution is -0.140. The highest BCUT2D eigenvalue weighted by Gasteiger charge is 2.25. The summed E-state index contributed by atoms with van der Waals surface area (Å²) in [6.07, 6.45) is -1.71. The van der Waals surface area contributed by atoms with E-state index in [2.05, 4.69) is 5.32 Å². The van der Waals surface area contributed by atoms with E-state index in [1.54, 1.807) is 30.3 Å². The minimum Gasteiger partial charge on any atom is -0.481 e. The van der Waals surface area contributed by atoms with Gasteiger partial charge in [-0.15, -0.1) is 0 Å². The molecule has 0 aliphatic carbocycles. The number of nitrogens with one attached hydrogen (secondary N) is 1. The molecule has 1 atom stereocenters. The minimum absolute atomic E-state index is 0.213. The van der Waals surface area contributed by atoms with Crippen LogP contribution in [-0.4, -0.2) is 52.7 Å². The number of alkyl halides is 1. The first-order valence-corrected chi connectivity index (χ1v) is 9.63. The largest absolute Gasteiger partial charge is 0.481 e. The van der Waals surface area contributed by atoms with Crippen LogP contribution in [0.15, 0.2) is 36.4 Å². The molecule has 0 radical (unpaired) electrons. The molecule has 0 saturated heterocycles. The summed E-state index contributed by atoms with van der Waals surface area (Å²) in [7, 11) is 0. The molecule has 0 fully saturated rings. The predicted molar refractivity (Wildman–Crippen MR) is 111 cm³/mol. The number of para-hydroxylation sites is 1. The smallest absolute Gasteiger partial charge is 0.419 e. The molecule has 0 aliphatic heterocycles. The van der Waals surface area contributed by atoms with Crippen LogP contribution in [0, 0.1) is 0 Å². The number of nitrogens with zero attached hydrogens (tertiary/aromatic N) is 1. The van der Waals surface area contributed by atoms with Crippen molar-refractivity contribution in [2.24, 2.45) is 0 Å². The molecule has 1 amide bonds. The molecule has 0 aliphatic rings. The molecule has 2 aromatic carbocycles. The summed E-state index contributed by atoms with van der Waals surface area (Å²) in [5.41, 5.74) is 0.884. The van der Waals surface area contributed by atoms with Crippen molar-refractivity contribution in [2.75, 3.05) is 13.3 Å². The fourth-order valence-electron chi connectivity index (χ4n) is 3.10. The van der Waals surface area contributed by atoms with Crippen molar-refractivity contribution in [3.63, 3.8) is 0 Å². The third-order valence-electron chi connectivity index (χ3n) is 4.46. The number of aromatic nitrogens is 1. The summed E-state index contributed by atoms with van der Waals surface area (Å²) in [6, 6.07) is 8.46. The van der Waals surface area contributed by atoms with Crippen molar-refractivity contribution in [3.8, 4) is 0 Å². The number of benzene rings is 2. The van der Waals surface area contributed by atoms with Crippen molar-refractivity contribution in [3.05, 3.63) is 46.4 Å². The molecular weight excluding hydrogens is 454 g/mol. The van der Waals surface area contributed by atoms with Gasteiger partial charge in [0.2, 0.25) is 0 Å². The van der Waals surface area contributed by atoms with Crippen LogP contribution in [0.1, 0.15) is 6.42 Å². The third kappa shape index (κ3) is 4.78. The maximum atomic E-state index is 12.8. The van der Waals surface area contributed by atoms with Gasteiger partial charge in [0, 0.05) is 10.8 Å². The van der Waals surface area contributed by atoms with Crippen LogP contribution in [0.5, 0.6) is 0 Å². The number of carbonyl (C=O) groups is 4. The first-order chi connectivity index (χ1) is 14.7. The monoisotopic (exact) mass is 468 g/mol. The van der Waals surface area contributed by atoms with E-state index < -0.39 is 49.5 Å². The number of amides is 1. The zero-order valence-electron chi connectivity index (χ0n) is 15.7. The number of halogens is 3. The molecular formula is C20H15Cl2FN2O6. The number of fused-ring (bicyclic) bond motifs is 3. The summed E-state index contributed by atoms with van der Waals surface area (Å²) >= 11 is 12.2. The molecule has 1 aromatic heterocycles. The molecule has 162 valence electrons.